The van der Waals surface area contributed by atoms with Gasteiger partial charge in [0.05, 0.1) is 12.7 Å². The van der Waals surface area contributed by atoms with Crippen LogP contribution in [0.15, 0.2) is 42.5 Å². The molecule has 2 aromatic carbocycles. The van der Waals surface area contributed by atoms with Crippen LogP contribution in [0, 0.1) is 20.8 Å². The van der Waals surface area contributed by atoms with Crippen molar-refractivity contribution in [2.45, 2.75) is 20.8 Å². The molecule has 0 aliphatic rings. The van der Waals surface area contributed by atoms with Crippen molar-refractivity contribution in [2.75, 3.05) is 7.11 Å². The summed E-state index contributed by atoms with van der Waals surface area (Å²) in [4.78, 5) is 23.8. The summed E-state index contributed by atoms with van der Waals surface area (Å²) in [7, 11) is -1.94. The summed E-state index contributed by atoms with van der Waals surface area (Å²) in [6.45, 7) is 5.76. The van der Waals surface area contributed by atoms with Crippen LogP contribution in [-0.2, 0) is 4.52 Å². The van der Waals surface area contributed by atoms with Gasteiger partial charge < -0.3 is 0 Å². The van der Waals surface area contributed by atoms with Gasteiger partial charge in [-0.05, 0) is 44.0 Å². The van der Waals surface area contributed by atoms with E-state index in [1.54, 1.807) is 24.3 Å². The Kier molecular flexibility index (Phi) is 4.58. The van der Waals surface area contributed by atoms with E-state index >= 15 is 0 Å². The minimum Gasteiger partial charge on any atom is -0.240 e. The Bertz CT molecular complexity index is 644. The molecule has 0 radical (unpaired) electrons. The van der Waals surface area contributed by atoms with E-state index in [2.05, 4.69) is 0 Å². The lowest BCUT2D eigenvalue weighted by atomic mass is 10.0. The van der Waals surface area contributed by atoms with Gasteiger partial charge in [0.1, 0.15) is 0 Å². The molecule has 110 valence electrons. The standard InChI is InChI=1S/C17H20O3P/c1-12-10-13(2)16(14(3)11-12)17(18)21(19,20-4)15-8-6-5-7-9-15/h5-11,19H,1-4H3/q+1. The van der Waals surface area contributed by atoms with E-state index in [4.69, 9.17) is 4.52 Å². The summed E-state index contributed by atoms with van der Waals surface area (Å²) in [5, 5.41) is 0.539. The molecule has 0 aliphatic heterocycles. The molecule has 0 saturated carbocycles. The second-order valence-corrected chi connectivity index (χ2v) is 7.61. The molecule has 1 atom stereocenters. The second kappa shape index (κ2) is 6.07. The van der Waals surface area contributed by atoms with Crippen molar-refractivity contribution in [3.63, 3.8) is 0 Å². The van der Waals surface area contributed by atoms with E-state index in [-0.39, 0.29) is 5.52 Å². The van der Waals surface area contributed by atoms with Crippen molar-refractivity contribution in [2.24, 2.45) is 0 Å². The molecule has 0 aliphatic carbocycles. The van der Waals surface area contributed by atoms with Gasteiger partial charge in [0, 0.05) is 0 Å². The molecule has 2 aromatic rings. The molecule has 4 heteroatoms. The average molecular weight is 303 g/mol. The van der Waals surface area contributed by atoms with Gasteiger partial charge in [0.2, 0.25) is 0 Å². The minimum absolute atomic E-state index is 0.328. The molecule has 0 amide bonds. The maximum absolute atomic E-state index is 12.9. The summed E-state index contributed by atoms with van der Waals surface area (Å²) < 4.78 is 5.30. The highest BCUT2D eigenvalue weighted by molar-refractivity contribution is 7.89. The topological polar surface area (TPSA) is 46.5 Å². The molecular formula is C17H20O3P+. The number of benzene rings is 2. The van der Waals surface area contributed by atoms with Crippen molar-refractivity contribution in [3.05, 3.63) is 64.7 Å². The van der Waals surface area contributed by atoms with Crippen molar-refractivity contribution < 1.29 is 14.2 Å². The number of hydrogen-bond acceptors (Lipinski definition) is 3. The number of aryl methyl sites for hydroxylation is 3. The summed E-state index contributed by atoms with van der Waals surface area (Å²) in [5.74, 6) is 0. The largest absolute Gasteiger partial charge is 0.378 e. The third kappa shape index (κ3) is 2.91. The van der Waals surface area contributed by atoms with E-state index in [9.17, 15) is 9.69 Å². The Morgan fingerprint density at radius 2 is 1.57 bits per heavy atom. The van der Waals surface area contributed by atoms with Gasteiger partial charge in [0.25, 0.3) is 0 Å². The number of hydrogen-bond donors (Lipinski definition) is 1. The second-order valence-electron chi connectivity index (χ2n) is 5.17. The van der Waals surface area contributed by atoms with Crippen LogP contribution in [0.25, 0.3) is 0 Å². The number of carbonyl (C=O) groups excluding carboxylic acids is 1. The van der Waals surface area contributed by atoms with Crippen molar-refractivity contribution in [1.29, 1.82) is 0 Å². The van der Waals surface area contributed by atoms with E-state index in [0.717, 1.165) is 16.7 Å². The lowest BCUT2D eigenvalue weighted by Gasteiger charge is -2.17. The van der Waals surface area contributed by atoms with E-state index in [0.29, 0.717) is 10.9 Å². The van der Waals surface area contributed by atoms with Gasteiger partial charge in [-0.2, -0.15) is 4.52 Å². The van der Waals surface area contributed by atoms with E-state index in [1.807, 2.05) is 39.0 Å². The van der Waals surface area contributed by atoms with Gasteiger partial charge >= 0.3 is 13.2 Å². The first-order chi connectivity index (χ1) is 9.90. The highest BCUT2D eigenvalue weighted by atomic mass is 31.2. The molecule has 0 saturated heterocycles. The predicted molar refractivity (Wildman–Crippen MR) is 87.2 cm³/mol. The fourth-order valence-corrected chi connectivity index (χ4v) is 4.45. The van der Waals surface area contributed by atoms with Crippen LogP contribution in [0.3, 0.4) is 0 Å². The SMILES string of the molecule is CO[P+](O)(C(=O)c1c(C)cc(C)cc1C)c1ccccc1. The molecular weight excluding hydrogens is 283 g/mol. The molecule has 1 N–H and O–H groups in total. The first-order valence-electron chi connectivity index (χ1n) is 6.76. The summed E-state index contributed by atoms with van der Waals surface area (Å²) in [6.07, 6.45) is 0. The lowest BCUT2D eigenvalue weighted by molar-refractivity contribution is 0.104. The fraction of sp³-hybridized carbons (Fsp3) is 0.235. The first-order valence-corrected chi connectivity index (χ1v) is 8.42. The quantitative estimate of drug-likeness (QED) is 0.878. The summed E-state index contributed by atoms with van der Waals surface area (Å²) in [6, 6.07) is 12.8. The molecule has 2 rings (SSSR count). The highest BCUT2D eigenvalue weighted by Gasteiger charge is 2.51. The third-order valence-corrected chi connectivity index (χ3v) is 5.84. The van der Waals surface area contributed by atoms with Crippen LogP contribution >= 0.6 is 7.72 Å². The molecule has 0 fully saturated rings. The van der Waals surface area contributed by atoms with Crippen molar-refractivity contribution in [1.82, 2.24) is 0 Å². The first kappa shape index (κ1) is 15.8. The molecule has 0 heterocycles. The Balaban J connectivity index is 2.57. The van der Waals surface area contributed by atoms with Crippen LogP contribution in [0.5, 0.6) is 0 Å². The van der Waals surface area contributed by atoms with Gasteiger partial charge in [-0.3, -0.25) is 0 Å². The summed E-state index contributed by atoms with van der Waals surface area (Å²) >= 11 is 0. The smallest absolute Gasteiger partial charge is 0.240 e. The van der Waals surface area contributed by atoms with Crippen LogP contribution in [0.2, 0.25) is 0 Å². The van der Waals surface area contributed by atoms with Crippen molar-refractivity contribution >= 4 is 18.5 Å². The lowest BCUT2D eigenvalue weighted by Crippen LogP contribution is -2.21. The molecule has 1 unspecified atom stereocenters. The molecule has 21 heavy (non-hydrogen) atoms. The maximum Gasteiger partial charge on any atom is 0.378 e. The zero-order valence-corrected chi connectivity index (χ0v) is 13.6. The van der Waals surface area contributed by atoms with E-state index < -0.39 is 7.72 Å². The minimum atomic E-state index is -3.32. The fourth-order valence-electron chi connectivity index (χ4n) is 2.60. The summed E-state index contributed by atoms with van der Waals surface area (Å²) in [5.41, 5.74) is 3.06. The normalized spacial score (nSPS) is 13.8. The van der Waals surface area contributed by atoms with E-state index in [1.165, 1.54) is 7.11 Å². The average Bonchev–Trinajstić information content (AvgIpc) is 2.46. The van der Waals surface area contributed by atoms with Crippen LogP contribution in [-0.4, -0.2) is 17.5 Å². The number of rotatable bonds is 4. The Morgan fingerprint density at radius 3 is 2.05 bits per heavy atom. The third-order valence-electron chi connectivity index (χ3n) is 3.54. The zero-order chi connectivity index (χ0) is 15.6. The van der Waals surface area contributed by atoms with Gasteiger partial charge in [-0.15, -0.1) is 0 Å². The molecule has 0 bridgehead atoms. The zero-order valence-electron chi connectivity index (χ0n) is 12.8. The maximum atomic E-state index is 12.9. The Morgan fingerprint density at radius 1 is 1.05 bits per heavy atom. The number of carbonyl (C=O) groups is 1. The molecule has 3 nitrogen and oxygen atoms in total. The Labute approximate surface area is 126 Å². The van der Waals surface area contributed by atoms with Crippen LogP contribution in [0.1, 0.15) is 27.0 Å². The Hall–Kier alpha value is -1.54. The predicted octanol–water partition coefficient (Wildman–Crippen LogP) is 3.56. The molecule has 0 spiro atoms. The highest BCUT2D eigenvalue weighted by Crippen LogP contribution is 2.57. The van der Waals surface area contributed by atoms with Crippen LogP contribution in [0.4, 0.5) is 0 Å². The van der Waals surface area contributed by atoms with Gasteiger partial charge in [-0.25, -0.2) is 9.69 Å². The monoisotopic (exact) mass is 303 g/mol. The van der Waals surface area contributed by atoms with Gasteiger partial charge in [-0.1, -0.05) is 35.9 Å². The molecule has 0 aromatic heterocycles. The van der Waals surface area contributed by atoms with Gasteiger partial charge in [0.15, 0.2) is 5.30 Å². The van der Waals surface area contributed by atoms with Crippen molar-refractivity contribution in [3.8, 4) is 0 Å². The van der Waals surface area contributed by atoms with Crippen LogP contribution < -0.4 is 5.30 Å².